The fraction of sp³-hybridized carbons (Fsp3) is 0.538. The van der Waals surface area contributed by atoms with Crippen LogP contribution in [-0.4, -0.2) is 13.2 Å². The lowest BCUT2D eigenvalue weighted by molar-refractivity contribution is 0.327. The molecular formula is C13H21NO. The number of hydrogen-bond donors (Lipinski definition) is 1. The lowest BCUT2D eigenvalue weighted by atomic mass is 9.95. The maximum Gasteiger partial charge on any atom is 0.119 e. The maximum atomic E-state index is 5.52. The van der Waals surface area contributed by atoms with Crippen LogP contribution in [0.25, 0.3) is 0 Å². The molecule has 0 radical (unpaired) electrons. The molecule has 1 aromatic carbocycles. The summed E-state index contributed by atoms with van der Waals surface area (Å²) in [5, 5.41) is 0. The van der Waals surface area contributed by atoms with Gasteiger partial charge in [0.05, 0.1) is 0 Å². The first-order valence-corrected chi connectivity index (χ1v) is 5.64. The lowest BCUT2D eigenvalue weighted by Crippen LogP contribution is -2.10. The molecule has 0 spiro atoms. The molecule has 0 aliphatic heterocycles. The third-order valence-corrected chi connectivity index (χ3v) is 2.51. The summed E-state index contributed by atoms with van der Waals surface area (Å²) in [6.45, 7) is 7.75. The number of nitrogens with two attached hydrogens (primary N) is 1. The average molecular weight is 207 g/mol. The van der Waals surface area contributed by atoms with Crippen molar-refractivity contribution in [2.24, 2.45) is 5.73 Å². The van der Waals surface area contributed by atoms with Crippen molar-refractivity contribution in [1.82, 2.24) is 0 Å². The molecule has 0 saturated heterocycles. The van der Waals surface area contributed by atoms with Gasteiger partial charge in [0.15, 0.2) is 0 Å². The van der Waals surface area contributed by atoms with E-state index in [0.29, 0.717) is 19.1 Å². The summed E-state index contributed by atoms with van der Waals surface area (Å²) in [6, 6.07) is 6.32. The second kappa shape index (κ2) is 5.76. The molecule has 0 aliphatic rings. The highest BCUT2D eigenvalue weighted by atomic mass is 16.5. The first kappa shape index (κ1) is 12.1. The minimum atomic E-state index is 0.543. The van der Waals surface area contributed by atoms with Crippen LogP contribution in [0, 0.1) is 0 Å². The van der Waals surface area contributed by atoms with Crippen LogP contribution in [0.4, 0.5) is 0 Å². The highest BCUT2D eigenvalue weighted by molar-refractivity contribution is 5.37. The fourth-order valence-electron chi connectivity index (χ4n) is 1.70. The Bertz CT molecular complexity index is 307. The van der Waals surface area contributed by atoms with Gasteiger partial charge in [-0.2, -0.15) is 0 Å². The van der Waals surface area contributed by atoms with E-state index in [4.69, 9.17) is 10.5 Å². The van der Waals surface area contributed by atoms with Gasteiger partial charge in [-0.15, -0.1) is 0 Å². The Hall–Kier alpha value is -1.02. The topological polar surface area (TPSA) is 35.2 Å². The van der Waals surface area contributed by atoms with Gasteiger partial charge in [-0.1, -0.05) is 26.8 Å². The molecule has 0 aliphatic carbocycles. The van der Waals surface area contributed by atoms with E-state index in [1.54, 1.807) is 0 Å². The lowest BCUT2D eigenvalue weighted by Gasteiger charge is -2.14. The quantitative estimate of drug-likeness (QED) is 0.805. The van der Waals surface area contributed by atoms with Crippen LogP contribution in [0.15, 0.2) is 18.2 Å². The van der Waals surface area contributed by atoms with E-state index in [1.165, 1.54) is 11.1 Å². The Balaban J connectivity index is 2.89. The third kappa shape index (κ3) is 3.24. The largest absolute Gasteiger partial charge is 0.492 e. The average Bonchev–Trinajstić information content (AvgIpc) is 2.25. The standard InChI is InChI=1S/C13H21NO/c1-4-11-5-6-12(15-8-7-14)9-13(11)10(2)3/h5-6,9-10H,4,7-8,14H2,1-3H3. The molecule has 0 amide bonds. The number of hydrogen-bond acceptors (Lipinski definition) is 2. The zero-order chi connectivity index (χ0) is 11.3. The molecule has 15 heavy (non-hydrogen) atoms. The Morgan fingerprint density at radius 2 is 2.07 bits per heavy atom. The van der Waals surface area contributed by atoms with Crippen LogP contribution < -0.4 is 10.5 Å². The molecule has 0 bridgehead atoms. The van der Waals surface area contributed by atoms with E-state index < -0.39 is 0 Å². The normalized spacial score (nSPS) is 10.7. The predicted molar refractivity (Wildman–Crippen MR) is 64.5 cm³/mol. The van der Waals surface area contributed by atoms with Crippen LogP contribution in [0.1, 0.15) is 37.8 Å². The van der Waals surface area contributed by atoms with Crippen molar-refractivity contribution in [3.63, 3.8) is 0 Å². The molecule has 0 atom stereocenters. The molecule has 2 nitrogen and oxygen atoms in total. The first-order chi connectivity index (χ1) is 7.19. The van der Waals surface area contributed by atoms with Crippen LogP contribution in [0.5, 0.6) is 5.75 Å². The van der Waals surface area contributed by atoms with Gasteiger partial charge in [0, 0.05) is 6.54 Å². The zero-order valence-electron chi connectivity index (χ0n) is 9.92. The van der Waals surface area contributed by atoms with E-state index in [-0.39, 0.29) is 0 Å². The van der Waals surface area contributed by atoms with Gasteiger partial charge < -0.3 is 10.5 Å². The summed E-state index contributed by atoms with van der Waals surface area (Å²) in [7, 11) is 0. The van der Waals surface area contributed by atoms with Crippen molar-refractivity contribution in [2.45, 2.75) is 33.1 Å². The van der Waals surface area contributed by atoms with Crippen molar-refractivity contribution in [1.29, 1.82) is 0 Å². The molecule has 2 N–H and O–H groups in total. The molecule has 2 heteroatoms. The molecular weight excluding hydrogens is 186 g/mol. The zero-order valence-corrected chi connectivity index (χ0v) is 9.92. The monoisotopic (exact) mass is 207 g/mol. The summed E-state index contributed by atoms with van der Waals surface area (Å²) in [6.07, 6.45) is 1.07. The number of aryl methyl sites for hydroxylation is 1. The number of rotatable bonds is 5. The fourth-order valence-corrected chi connectivity index (χ4v) is 1.70. The van der Waals surface area contributed by atoms with Crippen LogP contribution in [0.2, 0.25) is 0 Å². The minimum absolute atomic E-state index is 0.543. The highest BCUT2D eigenvalue weighted by Crippen LogP contribution is 2.25. The van der Waals surface area contributed by atoms with Gasteiger partial charge in [0.1, 0.15) is 12.4 Å². The summed E-state index contributed by atoms with van der Waals surface area (Å²) in [5.41, 5.74) is 8.19. The van der Waals surface area contributed by atoms with Crippen LogP contribution >= 0.6 is 0 Å². The van der Waals surface area contributed by atoms with Gasteiger partial charge in [-0.3, -0.25) is 0 Å². The minimum Gasteiger partial charge on any atom is -0.492 e. The SMILES string of the molecule is CCc1ccc(OCCN)cc1C(C)C. The highest BCUT2D eigenvalue weighted by Gasteiger charge is 2.06. The van der Waals surface area contributed by atoms with E-state index in [1.807, 2.05) is 6.07 Å². The van der Waals surface area contributed by atoms with Gasteiger partial charge in [0.2, 0.25) is 0 Å². The van der Waals surface area contributed by atoms with Crippen LogP contribution in [-0.2, 0) is 6.42 Å². The van der Waals surface area contributed by atoms with Gasteiger partial charge in [0.25, 0.3) is 0 Å². The smallest absolute Gasteiger partial charge is 0.119 e. The summed E-state index contributed by atoms with van der Waals surface area (Å²) < 4.78 is 5.52. The molecule has 0 fully saturated rings. The molecule has 0 saturated carbocycles. The molecule has 1 aromatic rings. The predicted octanol–water partition coefficient (Wildman–Crippen LogP) is 2.71. The van der Waals surface area contributed by atoms with Crippen molar-refractivity contribution in [3.05, 3.63) is 29.3 Å². The molecule has 0 aromatic heterocycles. The van der Waals surface area contributed by atoms with Crippen LogP contribution in [0.3, 0.4) is 0 Å². The van der Waals surface area contributed by atoms with Gasteiger partial charge in [-0.25, -0.2) is 0 Å². The molecule has 0 unspecified atom stereocenters. The van der Waals surface area contributed by atoms with E-state index in [2.05, 4.69) is 32.9 Å². The Labute approximate surface area is 92.4 Å². The third-order valence-electron chi connectivity index (χ3n) is 2.51. The van der Waals surface area contributed by atoms with Crippen molar-refractivity contribution in [3.8, 4) is 5.75 Å². The second-order valence-corrected chi connectivity index (χ2v) is 4.01. The first-order valence-electron chi connectivity index (χ1n) is 5.64. The number of benzene rings is 1. The molecule has 0 heterocycles. The number of ether oxygens (including phenoxy) is 1. The summed E-state index contributed by atoms with van der Waals surface area (Å²) in [4.78, 5) is 0. The Morgan fingerprint density at radius 3 is 2.60 bits per heavy atom. The second-order valence-electron chi connectivity index (χ2n) is 4.01. The van der Waals surface area contributed by atoms with Crippen molar-refractivity contribution in [2.75, 3.05) is 13.2 Å². The van der Waals surface area contributed by atoms with E-state index in [0.717, 1.165) is 12.2 Å². The van der Waals surface area contributed by atoms with E-state index in [9.17, 15) is 0 Å². The Morgan fingerprint density at radius 1 is 1.33 bits per heavy atom. The van der Waals surface area contributed by atoms with E-state index >= 15 is 0 Å². The Kier molecular flexibility index (Phi) is 4.63. The molecule has 1 rings (SSSR count). The maximum absolute atomic E-state index is 5.52. The van der Waals surface area contributed by atoms with Gasteiger partial charge >= 0.3 is 0 Å². The van der Waals surface area contributed by atoms with Crippen molar-refractivity contribution >= 4 is 0 Å². The van der Waals surface area contributed by atoms with Gasteiger partial charge in [-0.05, 0) is 35.6 Å². The van der Waals surface area contributed by atoms with Crippen molar-refractivity contribution < 1.29 is 4.74 Å². The summed E-state index contributed by atoms with van der Waals surface area (Å²) >= 11 is 0. The molecule has 84 valence electrons. The summed E-state index contributed by atoms with van der Waals surface area (Å²) in [5.74, 6) is 1.47.